The molecule has 0 aliphatic rings. The number of anilines is 3. The molecule has 0 saturated heterocycles. The SMILES string of the molecule is c1ccc(-c2nc(-c3ccc(-c4ccc(-c5ccc(N(c6ccccc6)c6ccccc6)cc5)cc4)cc3)n(-c3ccccc3)c2-c2ccccc2)cc1. The van der Waals surface area contributed by atoms with E-state index in [-0.39, 0.29) is 0 Å². The highest BCUT2D eigenvalue weighted by Gasteiger charge is 2.22. The van der Waals surface area contributed by atoms with E-state index in [0.29, 0.717) is 0 Å². The molecule has 0 saturated carbocycles. The summed E-state index contributed by atoms with van der Waals surface area (Å²) in [6.45, 7) is 0. The molecule has 0 fully saturated rings. The third kappa shape index (κ3) is 6.51. The first-order chi connectivity index (χ1) is 26.8. The van der Waals surface area contributed by atoms with Gasteiger partial charge in [0.25, 0.3) is 0 Å². The van der Waals surface area contributed by atoms with Gasteiger partial charge < -0.3 is 4.90 Å². The summed E-state index contributed by atoms with van der Waals surface area (Å²) in [4.78, 5) is 7.65. The summed E-state index contributed by atoms with van der Waals surface area (Å²) in [5, 5.41) is 0. The molecular formula is C51H37N3. The largest absolute Gasteiger partial charge is 0.311 e. The van der Waals surface area contributed by atoms with Crippen LogP contribution >= 0.6 is 0 Å². The first kappa shape index (κ1) is 32.7. The summed E-state index contributed by atoms with van der Waals surface area (Å²) in [5.74, 6) is 0.905. The number of para-hydroxylation sites is 3. The molecule has 3 heteroatoms. The van der Waals surface area contributed by atoms with Crippen LogP contribution in [0.25, 0.3) is 61.8 Å². The van der Waals surface area contributed by atoms with Gasteiger partial charge in [0.05, 0.1) is 11.4 Å². The van der Waals surface area contributed by atoms with Crippen LogP contribution < -0.4 is 4.90 Å². The lowest BCUT2D eigenvalue weighted by Crippen LogP contribution is -2.09. The predicted octanol–water partition coefficient (Wildman–Crippen LogP) is 13.7. The zero-order chi connectivity index (χ0) is 36.1. The van der Waals surface area contributed by atoms with Crippen molar-refractivity contribution in [2.24, 2.45) is 0 Å². The average molecular weight is 692 g/mol. The number of hydrogen-bond acceptors (Lipinski definition) is 2. The fourth-order valence-corrected chi connectivity index (χ4v) is 7.17. The minimum Gasteiger partial charge on any atom is -0.311 e. The maximum atomic E-state index is 5.36. The molecule has 0 N–H and O–H groups in total. The van der Waals surface area contributed by atoms with E-state index in [1.165, 1.54) is 16.7 Å². The lowest BCUT2D eigenvalue weighted by molar-refractivity contribution is 1.07. The highest BCUT2D eigenvalue weighted by atomic mass is 15.1. The molecule has 3 nitrogen and oxygen atoms in total. The van der Waals surface area contributed by atoms with E-state index >= 15 is 0 Å². The van der Waals surface area contributed by atoms with E-state index in [2.05, 4.69) is 228 Å². The molecule has 9 rings (SSSR count). The monoisotopic (exact) mass is 691 g/mol. The number of nitrogens with zero attached hydrogens (tertiary/aromatic N) is 3. The first-order valence-corrected chi connectivity index (χ1v) is 18.3. The highest BCUT2D eigenvalue weighted by Crippen LogP contribution is 2.40. The van der Waals surface area contributed by atoms with Crippen LogP contribution in [0.3, 0.4) is 0 Å². The van der Waals surface area contributed by atoms with E-state index in [1.54, 1.807) is 0 Å². The van der Waals surface area contributed by atoms with Crippen molar-refractivity contribution in [3.8, 4) is 61.8 Å². The van der Waals surface area contributed by atoms with E-state index in [9.17, 15) is 0 Å². The second kappa shape index (κ2) is 14.8. The minimum absolute atomic E-state index is 0.905. The summed E-state index contributed by atoms with van der Waals surface area (Å²) in [6.07, 6.45) is 0. The van der Waals surface area contributed by atoms with Crippen LogP contribution in [0.5, 0.6) is 0 Å². The van der Waals surface area contributed by atoms with Crippen LogP contribution in [-0.2, 0) is 0 Å². The van der Waals surface area contributed by atoms with Crippen LogP contribution in [0.1, 0.15) is 0 Å². The van der Waals surface area contributed by atoms with E-state index < -0.39 is 0 Å². The molecule has 9 aromatic rings. The fraction of sp³-hybridized carbons (Fsp3) is 0. The minimum atomic E-state index is 0.905. The Morgan fingerprint density at radius 1 is 0.296 bits per heavy atom. The molecule has 1 aromatic heterocycles. The zero-order valence-electron chi connectivity index (χ0n) is 29.7. The van der Waals surface area contributed by atoms with Crippen LogP contribution in [-0.4, -0.2) is 9.55 Å². The number of hydrogen-bond donors (Lipinski definition) is 0. The lowest BCUT2D eigenvalue weighted by atomic mass is 9.99. The Morgan fingerprint density at radius 2 is 0.648 bits per heavy atom. The Bertz CT molecular complexity index is 2540. The molecular weight excluding hydrogens is 655 g/mol. The van der Waals surface area contributed by atoms with Crippen molar-refractivity contribution >= 4 is 17.1 Å². The molecule has 0 bridgehead atoms. The van der Waals surface area contributed by atoms with Crippen molar-refractivity contribution in [2.45, 2.75) is 0 Å². The van der Waals surface area contributed by atoms with Gasteiger partial charge in [0, 0.05) is 39.4 Å². The van der Waals surface area contributed by atoms with E-state index in [4.69, 9.17) is 4.98 Å². The van der Waals surface area contributed by atoms with Gasteiger partial charge >= 0.3 is 0 Å². The van der Waals surface area contributed by atoms with Crippen LogP contribution in [0, 0.1) is 0 Å². The quantitative estimate of drug-likeness (QED) is 0.150. The Balaban J connectivity index is 1.03. The van der Waals surface area contributed by atoms with Gasteiger partial charge in [-0.25, -0.2) is 4.98 Å². The Kier molecular flexibility index (Phi) is 8.94. The van der Waals surface area contributed by atoms with Gasteiger partial charge in [0.1, 0.15) is 5.82 Å². The molecule has 0 aliphatic carbocycles. The summed E-state index contributed by atoms with van der Waals surface area (Å²) >= 11 is 0. The van der Waals surface area contributed by atoms with Crippen molar-refractivity contribution in [1.29, 1.82) is 0 Å². The van der Waals surface area contributed by atoms with Crippen LogP contribution in [0.4, 0.5) is 17.1 Å². The van der Waals surface area contributed by atoms with Crippen molar-refractivity contribution in [1.82, 2.24) is 9.55 Å². The van der Waals surface area contributed by atoms with Gasteiger partial charge in [-0.05, 0) is 70.8 Å². The average Bonchev–Trinajstić information content (AvgIpc) is 3.67. The van der Waals surface area contributed by atoms with Crippen LogP contribution in [0.2, 0.25) is 0 Å². The summed E-state index contributed by atoms with van der Waals surface area (Å²) in [6, 6.07) is 79.1. The maximum Gasteiger partial charge on any atom is 0.145 e. The van der Waals surface area contributed by atoms with Crippen molar-refractivity contribution < 1.29 is 0 Å². The molecule has 256 valence electrons. The fourth-order valence-electron chi connectivity index (χ4n) is 7.17. The molecule has 0 amide bonds. The van der Waals surface area contributed by atoms with Crippen molar-refractivity contribution in [2.75, 3.05) is 4.90 Å². The molecule has 0 spiro atoms. The standard InChI is InChI=1S/C51H37N3/c1-6-16-42(17-7-1)49-50(43-18-8-2-9-19-43)54(47-24-14-5-15-25-47)51(52-49)44-32-30-40(31-33-44)38-26-28-39(29-27-38)41-34-36-48(37-35-41)53(45-20-10-3-11-21-45)46-22-12-4-13-23-46/h1-37H. The van der Waals surface area contributed by atoms with Gasteiger partial charge in [0.15, 0.2) is 0 Å². The number of benzene rings is 8. The number of rotatable bonds is 9. The van der Waals surface area contributed by atoms with Crippen molar-refractivity contribution in [3.05, 3.63) is 224 Å². The molecule has 0 unspecified atom stereocenters. The molecule has 1 heterocycles. The predicted molar refractivity (Wildman–Crippen MR) is 225 cm³/mol. The topological polar surface area (TPSA) is 21.1 Å². The zero-order valence-corrected chi connectivity index (χ0v) is 29.7. The highest BCUT2D eigenvalue weighted by molar-refractivity contribution is 5.85. The third-order valence-electron chi connectivity index (χ3n) is 9.84. The first-order valence-electron chi connectivity index (χ1n) is 18.3. The van der Waals surface area contributed by atoms with Gasteiger partial charge in [-0.3, -0.25) is 4.57 Å². The Hall–Kier alpha value is -7.23. The van der Waals surface area contributed by atoms with Crippen molar-refractivity contribution in [3.63, 3.8) is 0 Å². The second-order valence-electron chi connectivity index (χ2n) is 13.2. The summed E-state index contributed by atoms with van der Waals surface area (Å²) in [5.41, 5.74) is 14.4. The summed E-state index contributed by atoms with van der Waals surface area (Å²) < 4.78 is 2.30. The van der Waals surface area contributed by atoms with E-state index in [1.807, 2.05) is 6.07 Å². The van der Waals surface area contributed by atoms with Crippen LogP contribution in [0.15, 0.2) is 224 Å². The summed E-state index contributed by atoms with van der Waals surface area (Å²) in [7, 11) is 0. The molecule has 54 heavy (non-hydrogen) atoms. The third-order valence-corrected chi connectivity index (χ3v) is 9.84. The molecule has 8 aromatic carbocycles. The van der Waals surface area contributed by atoms with E-state index in [0.717, 1.165) is 62.2 Å². The lowest BCUT2D eigenvalue weighted by Gasteiger charge is -2.25. The normalized spacial score (nSPS) is 11.0. The molecule has 0 atom stereocenters. The van der Waals surface area contributed by atoms with Gasteiger partial charge in [-0.15, -0.1) is 0 Å². The van der Waals surface area contributed by atoms with Gasteiger partial charge in [-0.1, -0.05) is 176 Å². The Morgan fingerprint density at radius 3 is 1.11 bits per heavy atom. The molecule has 0 aliphatic heterocycles. The molecule has 0 radical (unpaired) electrons. The Labute approximate surface area is 316 Å². The van der Waals surface area contributed by atoms with Gasteiger partial charge in [0.2, 0.25) is 0 Å². The second-order valence-corrected chi connectivity index (χ2v) is 13.2. The van der Waals surface area contributed by atoms with Gasteiger partial charge in [-0.2, -0.15) is 0 Å². The smallest absolute Gasteiger partial charge is 0.145 e. The number of imidazole rings is 1. The maximum absolute atomic E-state index is 5.36. The number of aromatic nitrogens is 2.